The Morgan fingerprint density at radius 2 is 2.36 bits per heavy atom. The van der Waals surface area contributed by atoms with Gasteiger partial charge in [-0.2, -0.15) is 0 Å². The molecule has 0 amide bonds. The first kappa shape index (κ1) is 15.4. The molecule has 0 aromatic carbocycles. The van der Waals surface area contributed by atoms with Crippen molar-refractivity contribution in [2.24, 2.45) is 0 Å². The van der Waals surface area contributed by atoms with Crippen LogP contribution in [0.25, 0.3) is 0 Å². The van der Waals surface area contributed by atoms with Gasteiger partial charge in [-0.1, -0.05) is 0 Å². The van der Waals surface area contributed by atoms with Gasteiger partial charge in [0.25, 0.3) is 0 Å². The van der Waals surface area contributed by atoms with Crippen molar-refractivity contribution in [3.8, 4) is 0 Å². The van der Waals surface area contributed by atoms with Crippen molar-refractivity contribution < 1.29 is 0 Å². The van der Waals surface area contributed by atoms with E-state index in [1.165, 1.54) is 10.4 Å². The quantitative estimate of drug-likeness (QED) is 0.882. The summed E-state index contributed by atoms with van der Waals surface area (Å²) in [7, 11) is 1.92. The van der Waals surface area contributed by atoms with E-state index in [2.05, 4.69) is 37.6 Å². The zero-order chi connectivity index (χ0) is 15.4. The highest BCUT2D eigenvalue weighted by Crippen LogP contribution is 2.20. The summed E-state index contributed by atoms with van der Waals surface area (Å²) in [4.78, 5) is 12.5. The minimum Gasteiger partial charge on any atom is -0.365 e. The van der Waals surface area contributed by atoms with Crippen LogP contribution in [0.2, 0.25) is 0 Å². The molecule has 118 valence electrons. The molecular weight excluding hydrogens is 294 g/mol. The largest absolute Gasteiger partial charge is 0.365 e. The van der Waals surface area contributed by atoms with E-state index in [0.717, 1.165) is 43.4 Å². The third-order valence-electron chi connectivity index (χ3n) is 3.93. The second kappa shape index (κ2) is 7.17. The molecule has 1 saturated heterocycles. The summed E-state index contributed by atoms with van der Waals surface area (Å²) in [6.07, 6.45) is 4.95. The molecule has 6 heteroatoms. The Labute approximate surface area is 135 Å². The highest BCUT2D eigenvalue weighted by atomic mass is 32.1. The Balaban J connectivity index is 1.57. The Morgan fingerprint density at radius 1 is 1.45 bits per heavy atom. The average Bonchev–Trinajstić information content (AvgIpc) is 2.95. The molecule has 1 aliphatic rings. The molecule has 2 aromatic rings. The predicted octanol–water partition coefficient (Wildman–Crippen LogP) is 1.90. The summed E-state index contributed by atoms with van der Waals surface area (Å²) in [5, 5.41) is 7.73. The summed E-state index contributed by atoms with van der Waals surface area (Å²) in [6.45, 7) is 6.26. The second-order valence-electron chi connectivity index (χ2n) is 5.78. The van der Waals surface area contributed by atoms with E-state index in [4.69, 9.17) is 0 Å². The molecule has 0 radical (unpaired) electrons. The van der Waals surface area contributed by atoms with Crippen LogP contribution in [0.15, 0.2) is 24.5 Å². The lowest BCUT2D eigenvalue weighted by atomic mass is 10.0. The zero-order valence-electron chi connectivity index (χ0n) is 13.2. The summed E-state index contributed by atoms with van der Waals surface area (Å²) < 4.78 is 0. The fourth-order valence-electron chi connectivity index (χ4n) is 2.91. The number of aryl methyl sites for hydroxylation is 1. The third kappa shape index (κ3) is 4.03. The van der Waals surface area contributed by atoms with Gasteiger partial charge in [-0.25, -0.2) is 4.98 Å². The van der Waals surface area contributed by atoms with Crippen molar-refractivity contribution in [3.05, 3.63) is 40.7 Å². The molecule has 1 unspecified atom stereocenters. The predicted molar refractivity (Wildman–Crippen MR) is 91.4 cm³/mol. The lowest BCUT2D eigenvalue weighted by Crippen LogP contribution is -2.51. The normalized spacial score (nSPS) is 19.3. The number of anilines is 1. The maximum absolute atomic E-state index is 4.35. The number of hydrogen-bond acceptors (Lipinski definition) is 6. The first-order chi connectivity index (χ1) is 10.7. The van der Waals surface area contributed by atoms with Gasteiger partial charge in [-0.05, 0) is 31.0 Å². The van der Waals surface area contributed by atoms with E-state index in [1.807, 2.05) is 26.4 Å². The summed E-state index contributed by atoms with van der Waals surface area (Å²) >= 11 is 1.74. The van der Waals surface area contributed by atoms with E-state index >= 15 is 0 Å². The molecule has 22 heavy (non-hydrogen) atoms. The van der Waals surface area contributed by atoms with Crippen molar-refractivity contribution in [2.75, 3.05) is 32.0 Å². The number of pyridine rings is 1. The molecule has 5 nitrogen and oxygen atoms in total. The van der Waals surface area contributed by atoms with E-state index < -0.39 is 0 Å². The van der Waals surface area contributed by atoms with Crippen molar-refractivity contribution in [2.45, 2.75) is 25.9 Å². The molecule has 1 aliphatic heterocycles. The number of aromatic nitrogens is 2. The van der Waals surface area contributed by atoms with Gasteiger partial charge in [0.2, 0.25) is 0 Å². The maximum Gasteiger partial charge on any atom is 0.182 e. The number of piperazine rings is 1. The summed E-state index contributed by atoms with van der Waals surface area (Å²) in [5.41, 5.74) is 2.46. The van der Waals surface area contributed by atoms with E-state index in [9.17, 15) is 0 Å². The van der Waals surface area contributed by atoms with Crippen LogP contribution in [-0.4, -0.2) is 47.6 Å². The zero-order valence-corrected chi connectivity index (χ0v) is 14.0. The van der Waals surface area contributed by atoms with Gasteiger partial charge in [0.1, 0.15) is 0 Å². The first-order valence-electron chi connectivity index (χ1n) is 7.72. The number of nitrogens with one attached hydrogen (secondary N) is 2. The van der Waals surface area contributed by atoms with Crippen LogP contribution in [-0.2, 0) is 13.0 Å². The third-order valence-corrected chi connectivity index (χ3v) is 4.93. The Morgan fingerprint density at radius 3 is 3.14 bits per heavy atom. The van der Waals surface area contributed by atoms with E-state index in [0.29, 0.717) is 6.04 Å². The fraction of sp³-hybridized carbons (Fsp3) is 0.500. The van der Waals surface area contributed by atoms with Gasteiger partial charge >= 0.3 is 0 Å². The summed E-state index contributed by atoms with van der Waals surface area (Å²) in [6, 6.07) is 4.81. The van der Waals surface area contributed by atoms with Gasteiger partial charge < -0.3 is 10.6 Å². The standard InChI is InChI=1S/C16H23N5S/c1-12-7-13(3-4-18-12)8-14-10-21(6-5-19-14)11-15-9-20-16(17-2)22-15/h3-4,7,9,14,19H,5-6,8,10-11H2,1-2H3,(H,17,20). The van der Waals surface area contributed by atoms with Crippen LogP contribution in [0.5, 0.6) is 0 Å². The molecule has 0 saturated carbocycles. The molecule has 1 atom stereocenters. The van der Waals surface area contributed by atoms with Crippen LogP contribution in [0.3, 0.4) is 0 Å². The molecule has 0 spiro atoms. The average molecular weight is 317 g/mol. The molecule has 2 N–H and O–H groups in total. The van der Waals surface area contributed by atoms with Gasteiger partial charge in [-0.15, -0.1) is 11.3 Å². The van der Waals surface area contributed by atoms with E-state index in [1.54, 1.807) is 11.3 Å². The van der Waals surface area contributed by atoms with Crippen LogP contribution >= 0.6 is 11.3 Å². The van der Waals surface area contributed by atoms with Gasteiger partial charge in [0, 0.05) is 62.2 Å². The molecule has 0 bridgehead atoms. The monoisotopic (exact) mass is 317 g/mol. The molecule has 1 fully saturated rings. The number of thiazole rings is 1. The first-order valence-corrected chi connectivity index (χ1v) is 8.54. The lowest BCUT2D eigenvalue weighted by molar-refractivity contribution is 0.193. The lowest BCUT2D eigenvalue weighted by Gasteiger charge is -2.33. The van der Waals surface area contributed by atoms with Crippen LogP contribution in [0.1, 0.15) is 16.1 Å². The second-order valence-corrected chi connectivity index (χ2v) is 6.89. The molecular formula is C16H23N5S. The highest BCUT2D eigenvalue weighted by Gasteiger charge is 2.20. The van der Waals surface area contributed by atoms with E-state index in [-0.39, 0.29) is 0 Å². The minimum absolute atomic E-state index is 0.507. The minimum atomic E-state index is 0.507. The maximum atomic E-state index is 4.35. The number of nitrogens with zero attached hydrogens (tertiary/aromatic N) is 3. The molecule has 3 heterocycles. The van der Waals surface area contributed by atoms with Crippen molar-refractivity contribution in [1.29, 1.82) is 0 Å². The number of hydrogen-bond donors (Lipinski definition) is 2. The fourth-order valence-corrected chi connectivity index (χ4v) is 3.72. The Bertz CT molecular complexity index is 612. The highest BCUT2D eigenvalue weighted by molar-refractivity contribution is 7.15. The SMILES string of the molecule is CNc1ncc(CN2CCNC(Cc3ccnc(C)c3)C2)s1. The number of rotatable bonds is 5. The van der Waals surface area contributed by atoms with Crippen LogP contribution < -0.4 is 10.6 Å². The van der Waals surface area contributed by atoms with Crippen LogP contribution in [0.4, 0.5) is 5.13 Å². The summed E-state index contributed by atoms with van der Waals surface area (Å²) in [5.74, 6) is 0. The van der Waals surface area contributed by atoms with Crippen molar-refractivity contribution in [1.82, 2.24) is 20.2 Å². The Kier molecular flexibility index (Phi) is 5.02. The van der Waals surface area contributed by atoms with Gasteiger partial charge in [-0.3, -0.25) is 9.88 Å². The topological polar surface area (TPSA) is 53.1 Å². The van der Waals surface area contributed by atoms with Gasteiger partial charge in [0.15, 0.2) is 5.13 Å². The Hall–Kier alpha value is -1.50. The molecule has 3 rings (SSSR count). The molecule has 0 aliphatic carbocycles. The van der Waals surface area contributed by atoms with Gasteiger partial charge in [0.05, 0.1) is 0 Å². The molecule has 2 aromatic heterocycles. The smallest absolute Gasteiger partial charge is 0.182 e. The van der Waals surface area contributed by atoms with Crippen LogP contribution in [0, 0.1) is 6.92 Å². The van der Waals surface area contributed by atoms with Crippen molar-refractivity contribution >= 4 is 16.5 Å². The van der Waals surface area contributed by atoms with Crippen molar-refractivity contribution in [3.63, 3.8) is 0 Å².